The number of hydrogen-bond acceptors (Lipinski definition) is 3. The molecule has 1 aromatic carbocycles. The van der Waals surface area contributed by atoms with Gasteiger partial charge in [0.2, 0.25) is 0 Å². The number of benzene rings is 1. The van der Waals surface area contributed by atoms with Gasteiger partial charge in [-0.25, -0.2) is 4.68 Å². The Labute approximate surface area is 108 Å². The molecule has 0 radical (unpaired) electrons. The monoisotopic (exact) mass is 244 g/mol. The molecule has 1 aliphatic rings. The van der Waals surface area contributed by atoms with E-state index in [9.17, 15) is 0 Å². The van der Waals surface area contributed by atoms with Crippen LogP contribution in [0.1, 0.15) is 19.8 Å². The lowest BCUT2D eigenvalue weighted by Crippen LogP contribution is -2.35. The van der Waals surface area contributed by atoms with E-state index in [0.29, 0.717) is 0 Å². The molecule has 0 amide bonds. The van der Waals surface area contributed by atoms with E-state index >= 15 is 0 Å². The number of nitrogens with zero attached hydrogens (tertiary/aromatic N) is 4. The zero-order valence-electron chi connectivity index (χ0n) is 10.9. The van der Waals surface area contributed by atoms with E-state index in [0.717, 1.165) is 30.0 Å². The molecule has 2 aromatic rings. The van der Waals surface area contributed by atoms with E-state index in [1.807, 2.05) is 22.9 Å². The zero-order chi connectivity index (χ0) is 12.4. The highest BCUT2D eigenvalue weighted by atomic mass is 15.4. The van der Waals surface area contributed by atoms with Gasteiger partial charge in [0.25, 0.3) is 0 Å². The van der Waals surface area contributed by atoms with Crippen molar-refractivity contribution >= 4 is 11.0 Å². The predicted molar refractivity (Wildman–Crippen MR) is 72.4 cm³/mol. The molecular formula is C14H20N4. The summed E-state index contributed by atoms with van der Waals surface area (Å²) in [5, 5.41) is 8.42. The van der Waals surface area contributed by atoms with Crippen LogP contribution in [0, 0.1) is 5.92 Å². The number of para-hydroxylation sites is 1. The fraction of sp³-hybridized carbons (Fsp3) is 0.571. The van der Waals surface area contributed by atoms with Crippen molar-refractivity contribution in [2.75, 3.05) is 19.6 Å². The predicted octanol–water partition coefficient (Wildman–Crippen LogP) is 2.16. The molecule has 0 unspecified atom stereocenters. The van der Waals surface area contributed by atoms with Crippen LogP contribution in [0.4, 0.5) is 0 Å². The third-order valence-corrected chi connectivity index (χ3v) is 3.92. The Kier molecular flexibility index (Phi) is 3.28. The smallest absolute Gasteiger partial charge is 0.113 e. The highest BCUT2D eigenvalue weighted by molar-refractivity contribution is 5.73. The van der Waals surface area contributed by atoms with Crippen LogP contribution in [0.5, 0.6) is 0 Å². The number of fused-ring (bicyclic) bond motifs is 1. The SMILES string of the molecule is CC1CCN(CCn2nnc3ccccc32)CC1. The third-order valence-electron chi connectivity index (χ3n) is 3.92. The van der Waals surface area contributed by atoms with Gasteiger partial charge in [0.05, 0.1) is 12.1 Å². The van der Waals surface area contributed by atoms with E-state index < -0.39 is 0 Å². The number of aromatic nitrogens is 3. The van der Waals surface area contributed by atoms with Crippen molar-refractivity contribution in [1.82, 2.24) is 19.9 Å². The Morgan fingerprint density at radius 3 is 2.78 bits per heavy atom. The molecule has 18 heavy (non-hydrogen) atoms. The van der Waals surface area contributed by atoms with Gasteiger partial charge in [-0.15, -0.1) is 5.10 Å². The summed E-state index contributed by atoms with van der Waals surface area (Å²) in [5.74, 6) is 0.897. The number of piperidine rings is 1. The molecule has 96 valence electrons. The van der Waals surface area contributed by atoms with Crippen LogP contribution in [0.15, 0.2) is 24.3 Å². The molecular weight excluding hydrogens is 224 g/mol. The van der Waals surface area contributed by atoms with Crippen LogP contribution in [0.3, 0.4) is 0 Å². The Balaban J connectivity index is 1.63. The van der Waals surface area contributed by atoms with Crippen molar-refractivity contribution in [3.63, 3.8) is 0 Å². The largest absolute Gasteiger partial charge is 0.301 e. The fourth-order valence-corrected chi connectivity index (χ4v) is 2.60. The zero-order valence-corrected chi connectivity index (χ0v) is 10.9. The summed E-state index contributed by atoms with van der Waals surface area (Å²) in [4.78, 5) is 2.54. The van der Waals surface area contributed by atoms with Gasteiger partial charge in [-0.05, 0) is 44.0 Å². The Morgan fingerprint density at radius 1 is 1.17 bits per heavy atom. The molecule has 3 rings (SSSR count). The maximum absolute atomic E-state index is 4.23. The number of rotatable bonds is 3. The molecule has 4 nitrogen and oxygen atoms in total. The first-order valence-electron chi connectivity index (χ1n) is 6.83. The highest BCUT2D eigenvalue weighted by Gasteiger charge is 2.15. The Hall–Kier alpha value is -1.42. The minimum atomic E-state index is 0.897. The summed E-state index contributed by atoms with van der Waals surface area (Å²) in [6.45, 7) is 6.83. The molecule has 1 aliphatic heterocycles. The van der Waals surface area contributed by atoms with E-state index in [1.54, 1.807) is 0 Å². The normalized spacial score (nSPS) is 18.5. The van der Waals surface area contributed by atoms with Crippen LogP contribution < -0.4 is 0 Å². The molecule has 0 atom stereocenters. The Bertz CT molecular complexity index is 511. The second kappa shape index (κ2) is 5.06. The van der Waals surface area contributed by atoms with Gasteiger partial charge in [-0.2, -0.15) is 0 Å². The topological polar surface area (TPSA) is 34.0 Å². The number of likely N-dealkylation sites (tertiary alicyclic amines) is 1. The first-order chi connectivity index (χ1) is 8.83. The van der Waals surface area contributed by atoms with Gasteiger partial charge in [-0.3, -0.25) is 0 Å². The van der Waals surface area contributed by atoms with Crippen LogP contribution in [0.25, 0.3) is 11.0 Å². The summed E-state index contributed by atoms with van der Waals surface area (Å²) >= 11 is 0. The van der Waals surface area contributed by atoms with Gasteiger partial charge in [0.1, 0.15) is 5.52 Å². The molecule has 1 saturated heterocycles. The van der Waals surface area contributed by atoms with Gasteiger partial charge >= 0.3 is 0 Å². The van der Waals surface area contributed by atoms with E-state index in [1.165, 1.54) is 25.9 Å². The first-order valence-corrected chi connectivity index (χ1v) is 6.83. The fourth-order valence-electron chi connectivity index (χ4n) is 2.60. The maximum atomic E-state index is 4.23. The van der Waals surface area contributed by atoms with Crippen molar-refractivity contribution in [3.8, 4) is 0 Å². The van der Waals surface area contributed by atoms with E-state index in [2.05, 4.69) is 28.2 Å². The van der Waals surface area contributed by atoms with Crippen molar-refractivity contribution in [3.05, 3.63) is 24.3 Å². The minimum Gasteiger partial charge on any atom is -0.301 e. The lowest BCUT2D eigenvalue weighted by molar-refractivity contribution is 0.185. The van der Waals surface area contributed by atoms with E-state index in [-0.39, 0.29) is 0 Å². The van der Waals surface area contributed by atoms with Gasteiger partial charge in [0, 0.05) is 6.54 Å². The maximum Gasteiger partial charge on any atom is 0.113 e. The molecule has 0 bridgehead atoms. The lowest BCUT2D eigenvalue weighted by atomic mass is 9.99. The average molecular weight is 244 g/mol. The summed E-state index contributed by atoms with van der Waals surface area (Å²) in [6, 6.07) is 8.16. The molecule has 2 heterocycles. The summed E-state index contributed by atoms with van der Waals surface area (Å²) < 4.78 is 2.02. The summed E-state index contributed by atoms with van der Waals surface area (Å²) in [5.41, 5.74) is 2.13. The van der Waals surface area contributed by atoms with Crippen LogP contribution >= 0.6 is 0 Å². The van der Waals surface area contributed by atoms with E-state index in [4.69, 9.17) is 0 Å². The quantitative estimate of drug-likeness (QED) is 0.829. The molecule has 0 N–H and O–H groups in total. The lowest BCUT2D eigenvalue weighted by Gasteiger charge is -2.29. The first kappa shape index (κ1) is 11.7. The molecule has 4 heteroatoms. The van der Waals surface area contributed by atoms with Crippen molar-refractivity contribution < 1.29 is 0 Å². The average Bonchev–Trinajstić information content (AvgIpc) is 2.82. The van der Waals surface area contributed by atoms with Crippen LogP contribution in [-0.2, 0) is 6.54 Å². The molecule has 0 spiro atoms. The standard InChI is InChI=1S/C14H20N4/c1-12-6-8-17(9-7-12)10-11-18-14-5-3-2-4-13(14)15-16-18/h2-5,12H,6-11H2,1H3. The van der Waals surface area contributed by atoms with Gasteiger partial charge in [0.15, 0.2) is 0 Å². The van der Waals surface area contributed by atoms with Gasteiger partial charge in [-0.1, -0.05) is 24.3 Å². The molecule has 1 fully saturated rings. The molecule has 1 aromatic heterocycles. The molecule has 0 saturated carbocycles. The van der Waals surface area contributed by atoms with Crippen LogP contribution in [0.2, 0.25) is 0 Å². The van der Waals surface area contributed by atoms with Gasteiger partial charge < -0.3 is 4.90 Å². The second-order valence-electron chi connectivity index (χ2n) is 5.33. The molecule has 0 aliphatic carbocycles. The second-order valence-corrected chi connectivity index (χ2v) is 5.33. The number of hydrogen-bond donors (Lipinski definition) is 0. The summed E-state index contributed by atoms with van der Waals surface area (Å²) in [6.07, 6.45) is 2.66. The third kappa shape index (κ3) is 2.38. The van der Waals surface area contributed by atoms with Crippen molar-refractivity contribution in [2.24, 2.45) is 5.92 Å². The van der Waals surface area contributed by atoms with Crippen molar-refractivity contribution in [2.45, 2.75) is 26.3 Å². The highest BCUT2D eigenvalue weighted by Crippen LogP contribution is 2.16. The summed E-state index contributed by atoms with van der Waals surface area (Å²) in [7, 11) is 0. The van der Waals surface area contributed by atoms with Crippen molar-refractivity contribution in [1.29, 1.82) is 0 Å². The van der Waals surface area contributed by atoms with Crippen LogP contribution in [-0.4, -0.2) is 39.5 Å². The Morgan fingerprint density at radius 2 is 1.94 bits per heavy atom. The minimum absolute atomic E-state index is 0.897.